The number of aromatic nitrogens is 1. The van der Waals surface area contributed by atoms with Crippen LogP contribution in [-0.4, -0.2) is 49.2 Å². The molecule has 1 fully saturated rings. The third kappa shape index (κ3) is 4.96. The van der Waals surface area contributed by atoms with E-state index in [2.05, 4.69) is 4.98 Å². The predicted molar refractivity (Wildman–Crippen MR) is 105 cm³/mol. The van der Waals surface area contributed by atoms with Gasteiger partial charge in [-0.3, -0.25) is 4.98 Å². The standard InChI is InChI=1S/C20H24F3N3O2S/c1-14-10-16(11-15-4-6-18(7-5-15)20(21,22)23)12-19(24-14)17-8-9-26(13-17)29(27,28)25(2)3/h4-7,10,12,17H,8-9,11,13H2,1-3H3/t17-/m0/s1. The molecule has 1 aromatic heterocycles. The van der Waals surface area contributed by atoms with Gasteiger partial charge in [0.25, 0.3) is 10.2 Å². The zero-order chi connectivity index (χ0) is 21.4. The van der Waals surface area contributed by atoms with Gasteiger partial charge in [0.1, 0.15) is 0 Å². The molecule has 1 aliphatic rings. The second kappa shape index (κ2) is 8.04. The van der Waals surface area contributed by atoms with Crippen LogP contribution in [0.25, 0.3) is 0 Å². The molecule has 1 atom stereocenters. The van der Waals surface area contributed by atoms with Gasteiger partial charge in [0, 0.05) is 44.5 Å². The van der Waals surface area contributed by atoms with E-state index in [1.807, 2.05) is 19.1 Å². The van der Waals surface area contributed by atoms with Gasteiger partial charge < -0.3 is 0 Å². The molecule has 1 saturated heterocycles. The molecule has 5 nitrogen and oxygen atoms in total. The third-order valence-corrected chi connectivity index (χ3v) is 6.99. The van der Waals surface area contributed by atoms with Gasteiger partial charge in [0.2, 0.25) is 0 Å². The van der Waals surface area contributed by atoms with E-state index in [1.54, 1.807) is 0 Å². The molecule has 9 heteroatoms. The minimum Gasteiger partial charge on any atom is -0.258 e. The van der Waals surface area contributed by atoms with E-state index in [0.717, 1.165) is 34.6 Å². The molecule has 158 valence electrons. The van der Waals surface area contributed by atoms with E-state index in [1.165, 1.54) is 34.8 Å². The summed E-state index contributed by atoms with van der Waals surface area (Å²) in [6.45, 7) is 2.68. The number of nitrogens with zero attached hydrogens (tertiary/aromatic N) is 3. The summed E-state index contributed by atoms with van der Waals surface area (Å²) in [5.74, 6) is -0.00372. The number of hydrogen-bond acceptors (Lipinski definition) is 3. The Morgan fingerprint density at radius 1 is 1.14 bits per heavy atom. The SMILES string of the molecule is Cc1cc(Cc2ccc(C(F)(F)F)cc2)cc([C@H]2CCN(S(=O)(=O)N(C)C)C2)n1. The molecule has 0 spiro atoms. The number of halogens is 3. The van der Waals surface area contributed by atoms with E-state index in [-0.39, 0.29) is 5.92 Å². The van der Waals surface area contributed by atoms with E-state index in [4.69, 9.17) is 0 Å². The summed E-state index contributed by atoms with van der Waals surface area (Å²) in [6.07, 6.45) is -3.18. The molecule has 0 radical (unpaired) electrons. The average molecular weight is 427 g/mol. The van der Waals surface area contributed by atoms with Crippen molar-refractivity contribution in [1.82, 2.24) is 13.6 Å². The maximum absolute atomic E-state index is 12.7. The fraction of sp³-hybridized carbons (Fsp3) is 0.450. The van der Waals surface area contributed by atoms with Crippen LogP contribution in [0.2, 0.25) is 0 Å². The topological polar surface area (TPSA) is 53.5 Å². The number of pyridine rings is 1. The van der Waals surface area contributed by atoms with Crippen molar-refractivity contribution in [2.24, 2.45) is 0 Å². The molecule has 1 aliphatic heterocycles. The summed E-state index contributed by atoms with van der Waals surface area (Å²) in [6, 6.07) is 8.99. The minimum atomic E-state index is -4.35. The van der Waals surface area contributed by atoms with Crippen LogP contribution in [0.1, 0.15) is 40.4 Å². The molecular weight excluding hydrogens is 403 g/mol. The Kier molecular flexibility index (Phi) is 6.03. The van der Waals surface area contributed by atoms with Crippen molar-refractivity contribution in [1.29, 1.82) is 0 Å². The van der Waals surface area contributed by atoms with Crippen molar-refractivity contribution >= 4 is 10.2 Å². The molecule has 0 unspecified atom stereocenters. The fourth-order valence-electron chi connectivity index (χ4n) is 3.54. The van der Waals surface area contributed by atoms with Gasteiger partial charge in [-0.05, 0) is 55.2 Å². The lowest BCUT2D eigenvalue weighted by Crippen LogP contribution is -2.38. The molecule has 2 heterocycles. The lowest BCUT2D eigenvalue weighted by Gasteiger charge is -2.21. The molecule has 0 bridgehead atoms. The average Bonchev–Trinajstić information content (AvgIpc) is 3.12. The minimum absolute atomic E-state index is 0.00372. The summed E-state index contributed by atoms with van der Waals surface area (Å²) in [5, 5.41) is 0. The molecule has 29 heavy (non-hydrogen) atoms. The smallest absolute Gasteiger partial charge is 0.258 e. The van der Waals surface area contributed by atoms with E-state index < -0.39 is 21.9 Å². The van der Waals surface area contributed by atoms with Crippen LogP contribution in [0.4, 0.5) is 13.2 Å². The number of aryl methyl sites for hydroxylation is 1. The monoisotopic (exact) mass is 427 g/mol. The summed E-state index contributed by atoms with van der Waals surface area (Å²) < 4.78 is 65.5. The zero-order valence-electron chi connectivity index (χ0n) is 16.6. The Morgan fingerprint density at radius 3 is 2.38 bits per heavy atom. The lowest BCUT2D eigenvalue weighted by atomic mass is 9.98. The van der Waals surface area contributed by atoms with Gasteiger partial charge in [-0.2, -0.15) is 30.2 Å². The molecule has 0 amide bonds. The molecule has 0 aliphatic carbocycles. The van der Waals surface area contributed by atoms with Gasteiger partial charge in [0.05, 0.1) is 5.56 Å². The van der Waals surface area contributed by atoms with E-state index >= 15 is 0 Å². The van der Waals surface area contributed by atoms with Crippen LogP contribution in [0.5, 0.6) is 0 Å². The Bertz CT molecular complexity index is 973. The molecule has 3 rings (SSSR count). The van der Waals surface area contributed by atoms with E-state index in [9.17, 15) is 21.6 Å². The van der Waals surface area contributed by atoms with Crippen LogP contribution in [0.15, 0.2) is 36.4 Å². The largest absolute Gasteiger partial charge is 0.416 e. The first-order valence-electron chi connectivity index (χ1n) is 9.28. The first kappa shape index (κ1) is 21.7. The summed E-state index contributed by atoms with van der Waals surface area (Å²) >= 11 is 0. The van der Waals surface area contributed by atoms with Gasteiger partial charge in [-0.25, -0.2) is 0 Å². The number of benzene rings is 1. The predicted octanol–water partition coefficient (Wildman–Crippen LogP) is 3.60. The second-order valence-corrected chi connectivity index (χ2v) is 9.69. The maximum atomic E-state index is 12.7. The molecule has 1 aromatic carbocycles. The van der Waals surface area contributed by atoms with Crippen LogP contribution >= 0.6 is 0 Å². The van der Waals surface area contributed by atoms with Gasteiger partial charge >= 0.3 is 6.18 Å². The Morgan fingerprint density at radius 2 is 1.79 bits per heavy atom. The van der Waals surface area contributed by atoms with Crippen LogP contribution < -0.4 is 0 Å². The van der Waals surface area contributed by atoms with Crippen molar-refractivity contribution in [2.45, 2.75) is 31.9 Å². The Balaban J connectivity index is 1.77. The van der Waals surface area contributed by atoms with Crippen molar-refractivity contribution in [2.75, 3.05) is 27.2 Å². The Hall–Kier alpha value is -1.97. The van der Waals surface area contributed by atoms with Gasteiger partial charge in [-0.1, -0.05) is 12.1 Å². The first-order valence-corrected chi connectivity index (χ1v) is 10.7. The molecule has 0 saturated carbocycles. The summed E-state index contributed by atoms with van der Waals surface area (Å²) in [5.41, 5.74) is 2.68. The summed E-state index contributed by atoms with van der Waals surface area (Å²) in [7, 11) is -0.436. The highest BCUT2D eigenvalue weighted by molar-refractivity contribution is 7.86. The third-order valence-electron chi connectivity index (χ3n) is 5.08. The van der Waals surface area contributed by atoms with E-state index in [0.29, 0.717) is 25.9 Å². The van der Waals surface area contributed by atoms with Crippen LogP contribution in [-0.2, 0) is 22.8 Å². The molecule has 2 aromatic rings. The quantitative estimate of drug-likeness (QED) is 0.733. The number of rotatable bonds is 5. The van der Waals surface area contributed by atoms with Crippen molar-refractivity contribution in [3.8, 4) is 0 Å². The zero-order valence-corrected chi connectivity index (χ0v) is 17.4. The maximum Gasteiger partial charge on any atom is 0.416 e. The normalized spacial score (nSPS) is 18.5. The van der Waals surface area contributed by atoms with Crippen LogP contribution in [0, 0.1) is 6.92 Å². The first-order chi connectivity index (χ1) is 13.5. The Labute approximate surface area is 169 Å². The summed E-state index contributed by atoms with van der Waals surface area (Å²) in [4.78, 5) is 4.58. The number of hydrogen-bond donors (Lipinski definition) is 0. The van der Waals surface area contributed by atoms with Crippen LogP contribution in [0.3, 0.4) is 0 Å². The highest BCUT2D eigenvalue weighted by Gasteiger charge is 2.34. The van der Waals surface area contributed by atoms with Crippen molar-refractivity contribution in [3.63, 3.8) is 0 Å². The second-order valence-electron chi connectivity index (χ2n) is 7.55. The lowest BCUT2D eigenvalue weighted by molar-refractivity contribution is -0.137. The highest BCUT2D eigenvalue weighted by Crippen LogP contribution is 2.31. The fourth-order valence-corrected chi connectivity index (χ4v) is 4.70. The number of alkyl halides is 3. The highest BCUT2D eigenvalue weighted by atomic mass is 32.2. The molecular formula is C20H24F3N3O2S. The molecule has 0 N–H and O–H groups in total. The van der Waals surface area contributed by atoms with Crippen molar-refractivity contribution in [3.05, 3.63) is 64.5 Å². The van der Waals surface area contributed by atoms with Gasteiger partial charge in [-0.15, -0.1) is 0 Å². The van der Waals surface area contributed by atoms with Gasteiger partial charge in [0.15, 0.2) is 0 Å². The van der Waals surface area contributed by atoms with Crippen molar-refractivity contribution < 1.29 is 21.6 Å².